The maximum absolute atomic E-state index is 11.0. The fourth-order valence-corrected chi connectivity index (χ4v) is 2.72. The Labute approximate surface area is 111 Å². The van der Waals surface area contributed by atoms with Crippen LogP contribution in [-0.2, 0) is 4.79 Å². The number of aliphatic hydroxyl groups excluding tert-OH is 1. The van der Waals surface area contributed by atoms with Crippen LogP contribution in [0.3, 0.4) is 0 Å². The minimum absolute atomic E-state index is 0.268. The van der Waals surface area contributed by atoms with Gasteiger partial charge in [-0.15, -0.1) is 0 Å². The van der Waals surface area contributed by atoms with Gasteiger partial charge < -0.3 is 10.8 Å². The molecule has 1 atom stereocenters. The molecule has 18 heavy (non-hydrogen) atoms. The molecule has 1 saturated carbocycles. The molecule has 1 aliphatic carbocycles. The highest BCUT2D eigenvalue weighted by molar-refractivity contribution is 5.75. The predicted molar refractivity (Wildman–Crippen MR) is 73.1 cm³/mol. The molecule has 1 unspecified atom stereocenters. The van der Waals surface area contributed by atoms with Gasteiger partial charge in [0.15, 0.2) is 0 Å². The van der Waals surface area contributed by atoms with Gasteiger partial charge in [-0.2, -0.15) is 0 Å². The van der Waals surface area contributed by atoms with Crippen molar-refractivity contribution in [3.63, 3.8) is 0 Å². The average Bonchev–Trinajstić information content (AvgIpc) is 2.36. The normalized spacial score (nSPS) is 19.1. The van der Waals surface area contributed by atoms with Gasteiger partial charge in [0.2, 0.25) is 5.91 Å². The number of hydrogen-bond acceptors (Lipinski definition) is 3. The lowest BCUT2D eigenvalue weighted by Gasteiger charge is -2.27. The van der Waals surface area contributed by atoms with E-state index in [1.165, 1.54) is 32.1 Å². The number of primary amides is 1. The van der Waals surface area contributed by atoms with E-state index in [1.807, 2.05) is 11.8 Å². The first kappa shape index (κ1) is 15.4. The highest BCUT2D eigenvalue weighted by Crippen LogP contribution is 2.26. The van der Waals surface area contributed by atoms with Crippen LogP contribution in [0.2, 0.25) is 0 Å². The summed E-state index contributed by atoms with van der Waals surface area (Å²) in [7, 11) is 0. The summed E-state index contributed by atoms with van der Waals surface area (Å²) in [6.45, 7) is 3.66. The van der Waals surface area contributed by atoms with Gasteiger partial charge in [0.25, 0.3) is 0 Å². The van der Waals surface area contributed by atoms with E-state index in [0.29, 0.717) is 6.54 Å². The molecule has 1 amide bonds. The van der Waals surface area contributed by atoms with Crippen LogP contribution < -0.4 is 5.73 Å². The van der Waals surface area contributed by atoms with Crippen molar-refractivity contribution in [2.75, 3.05) is 19.6 Å². The van der Waals surface area contributed by atoms with E-state index < -0.39 is 0 Å². The van der Waals surface area contributed by atoms with Crippen LogP contribution in [0.25, 0.3) is 0 Å². The second-order valence-electron chi connectivity index (χ2n) is 5.56. The van der Waals surface area contributed by atoms with Gasteiger partial charge in [0.1, 0.15) is 0 Å². The molecule has 0 aliphatic heterocycles. The Morgan fingerprint density at radius 3 is 2.61 bits per heavy atom. The molecule has 0 aromatic rings. The van der Waals surface area contributed by atoms with E-state index >= 15 is 0 Å². The highest BCUT2D eigenvalue weighted by Gasteiger charge is 2.17. The fraction of sp³-hybridized carbons (Fsp3) is 0.929. The average molecular weight is 256 g/mol. The van der Waals surface area contributed by atoms with Gasteiger partial charge in [-0.3, -0.25) is 9.69 Å². The third-order valence-corrected chi connectivity index (χ3v) is 3.90. The first-order valence-corrected chi connectivity index (χ1v) is 7.30. The Hall–Kier alpha value is -0.610. The van der Waals surface area contributed by atoms with Gasteiger partial charge in [-0.1, -0.05) is 39.0 Å². The molecule has 1 rings (SSSR count). The van der Waals surface area contributed by atoms with Gasteiger partial charge in [0, 0.05) is 6.54 Å². The summed E-state index contributed by atoms with van der Waals surface area (Å²) in [5.41, 5.74) is 5.26. The van der Waals surface area contributed by atoms with E-state index in [-0.39, 0.29) is 18.6 Å². The fourth-order valence-electron chi connectivity index (χ4n) is 2.72. The van der Waals surface area contributed by atoms with Gasteiger partial charge in [-0.25, -0.2) is 0 Å². The molecular weight excluding hydrogens is 228 g/mol. The molecule has 4 heteroatoms. The van der Waals surface area contributed by atoms with E-state index in [4.69, 9.17) is 5.73 Å². The SMILES string of the molecule is CCC(O)CN(CCC1CCCCC1)CC(N)=O. The molecule has 0 aromatic carbocycles. The molecule has 0 saturated heterocycles. The van der Waals surface area contributed by atoms with Crippen LogP contribution >= 0.6 is 0 Å². The molecule has 0 spiro atoms. The van der Waals surface area contributed by atoms with Crippen molar-refractivity contribution in [3.8, 4) is 0 Å². The minimum Gasteiger partial charge on any atom is -0.392 e. The molecule has 1 aliphatic rings. The van der Waals surface area contributed by atoms with Crippen molar-refractivity contribution < 1.29 is 9.90 Å². The predicted octanol–water partition coefficient (Wildman–Crippen LogP) is 1.51. The maximum Gasteiger partial charge on any atom is 0.231 e. The van der Waals surface area contributed by atoms with Gasteiger partial charge in [-0.05, 0) is 25.3 Å². The lowest BCUT2D eigenvalue weighted by atomic mass is 9.87. The Morgan fingerprint density at radius 1 is 1.39 bits per heavy atom. The standard InChI is InChI=1S/C14H28N2O2/c1-2-13(17)10-16(11-14(15)18)9-8-12-6-4-3-5-7-12/h12-13,17H,2-11H2,1H3,(H2,15,18). The molecular formula is C14H28N2O2. The second-order valence-corrected chi connectivity index (χ2v) is 5.56. The van der Waals surface area contributed by atoms with E-state index in [9.17, 15) is 9.90 Å². The zero-order valence-corrected chi connectivity index (χ0v) is 11.6. The smallest absolute Gasteiger partial charge is 0.231 e. The van der Waals surface area contributed by atoms with Gasteiger partial charge in [0.05, 0.1) is 12.6 Å². The minimum atomic E-state index is -0.351. The molecule has 3 N–H and O–H groups in total. The number of carbonyl (C=O) groups excluding carboxylic acids is 1. The lowest BCUT2D eigenvalue weighted by molar-refractivity contribution is -0.119. The van der Waals surface area contributed by atoms with Gasteiger partial charge >= 0.3 is 0 Å². The van der Waals surface area contributed by atoms with E-state index in [1.54, 1.807) is 0 Å². The number of rotatable bonds is 8. The topological polar surface area (TPSA) is 66.6 Å². The van der Waals surface area contributed by atoms with Crippen molar-refractivity contribution in [3.05, 3.63) is 0 Å². The van der Waals surface area contributed by atoms with Crippen molar-refractivity contribution in [1.82, 2.24) is 4.90 Å². The Balaban J connectivity index is 2.31. The maximum atomic E-state index is 11.0. The molecule has 0 heterocycles. The van der Waals surface area contributed by atoms with Crippen molar-refractivity contribution in [2.45, 2.75) is 58.0 Å². The number of amides is 1. The monoisotopic (exact) mass is 256 g/mol. The Kier molecular flexibility index (Phi) is 7.28. The molecule has 0 aromatic heterocycles. The first-order valence-electron chi connectivity index (χ1n) is 7.30. The molecule has 0 bridgehead atoms. The summed E-state index contributed by atoms with van der Waals surface area (Å²) in [6.07, 6.45) is 8.20. The summed E-state index contributed by atoms with van der Waals surface area (Å²) < 4.78 is 0. The van der Waals surface area contributed by atoms with Crippen molar-refractivity contribution >= 4 is 5.91 Å². The third kappa shape index (κ3) is 6.36. The van der Waals surface area contributed by atoms with Crippen LogP contribution in [0, 0.1) is 5.92 Å². The number of carbonyl (C=O) groups is 1. The lowest BCUT2D eigenvalue weighted by Crippen LogP contribution is -2.39. The zero-order valence-electron chi connectivity index (χ0n) is 11.6. The quantitative estimate of drug-likeness (QED) is 0.692. The van der Waals surface area contributed by atoms with Crippen LogP contribution in [0.1, 0.15) is 51.9 Å². The summed E-state index contributed by atoms with van der Waals surface area (Å²) >= 11 is 0. The molecule has 106 valence electrons. The van der Waals surface area contributed by atoms with Crippen LogP contribution in [0.15, 0.2) is 0 Å². The number of nitrogens with two attached hydrogens (primary N) is 1. The summed E-state index contributed by atoms with van der Waals surface area (Å²) in [5, 5.41) is 9.68. The summed E-state index contributed by atoms with van der Waals surface area (Å²) in [6, 6.07) is 0. The Morgan fingerprint density at radius 2 is 2.06 bits per heavy atom. The molecule has 4 nitrogen and oxygen atoms in total. The second kappa shape index (κ2) is 8.48. The van der Waals surface area contributed by atoms with Crippen LogP contribution in [-0.4, -0.2) is 41.7 Å². The zero-order chi connectivity index (χ0) is 13.4. The molecule has 1 fully saturated rings. The van der Waals surface area contributed by atoms with Crippen LogP contribution in [0.5, 0.6) is 0 Å². The van der Waals surface area contributed by atoms with Crippen LogP contribution in [0.4, 0.5) is 0 Å². The number of hydrogen-bond donors (Lipinski definition) is 2. The van der Waals surface area contributed by atoms with Crippen molar-refractivity contribution in [2.24, 2.45) is 11.7 Å². The van der Waals surface area contributed by atoms with E-state index in [2.05, 4.69) is 0 Å². The Bertz CT molecular complexity index is 240. The highest BCUT2D eigenvalue weighted by atomic mass is 16.3. The third-order valence-electron chi connectivity index (χ3n) is 3.90. The first-order chi connectivity index (χ1) is 8.61. The number of nitrogens with zero attached hydrogens (tertiary/aromatic N) is 1. The van der Waals surface area contributed by atoms with E-state index in [0.717, 1.165) is 25.3 Å². The summed E-state index contributed by atoms with van der Waals surface area (Å²) in [4.78, 5) is 13.0. The largest absolute Gasteiger partial charge is 0.392 e. The summed E-state index contributed by atoms with van der Waals surface area (Å²) in [5.74, 6) is 0.495. The van der Waals surface area contributed by atoms with Crippen molar-refractivity contribution in [1.29, 1.82) is 0 Å². The molecule has 0 radical (unpaired) electrons. The number of aliphatic hydroxyl groups is 1.